The number of nitrogens with zero attached hydrogens (tertiary/aromatic N) is 3. The molecule has 1 aliphatic heterocycles. The highest BCUT2D eigenvalue weighted by Crippen LogP contribution is 2.30. The van der Waals surface area contributed by atoms with Gasteiger partial charge in [0, 0.05) is 56.7 Å². The number of rotatable bonds is 12. The van der Waals surface area contributed by atoms with Crippen molar-refractivity contribution in [3.63, 3.8) is 0 Å². The number of ether oxygens (including phenoxy) is 3. The molecule has 0 radical (unpaired) electrons. The number of hydrogen-bond acceptors (Lipinski definition) is 8. The van der Waals surface area contributed by atoms with Crippen molar-refractivity contribution in [3.05, 3.63) is 46.4 Å². The van der Waals surface area contributed by atoms with E-state index < -0.39 is 18.1 Å². The van der Waals surface area contributed by atoms with Gasteiger partial charge in [0.25, 0.3) is 5.56 Å². The maximum atomic E-state index is 12.4. The molecule has 2 unspecified atom stereocenters. The van der Waals surface area contributed by atoms with Gasteiger partial charge >= 0.3 is 5.97 Å². The van der Waals surface area contributed by atoms with Crippen LogP contribution in [0.2, 0.25) is 0 Å². The first-order valence-electron chi connectivity index (χ1n) is 14.1. The summed E-state index contributed by atoms with van der Waals surface area (Å²) in [5.74, 6) is 1.71. The molecule has 218 valence electrons. The molecule has 4 rings (SSSR count). The van der Waals surface area contributed by atoms with Crippen LogP contribution in [0.4, 0.5) is 0 Å². The minimum Gasteiger partial charge on any atom is -0.492 e. The summed E-state index contributed by atoms with van der Waals surface area (Å²) >= 11 is 0. The summed E-state index contributed by atoms with van der Waals surface area (Å²) < 4.78 is 20.7. The van der Waals surface area contributed by atoms with Crippen molar-refractivity contribution in [3.8, 4) is 17.1 Å². The number of aliphatic hydroxyl groups excluding tert-OH is 1. The van der Waals surface area contributed by atoms with Crippen molar-refractivity contribution in [1.82, 2.24) is 19.4 Å². The van der Waals surface area contributed by atoms with Gasteiger partial charge in [0.05, 0.1) is 23.7 Å². The number of esters is 1. The van der Waals surface area contributed by atoms with E-state index in [1.807, 2.05) is 51.2 Å². The first-order chi connectivity index (χ1) is 19.1. The van der Waals surface area contributed by atoms with E-state index in [0.717, 1.165) is 55.0 Å². The Morgan fingerprint density at radius 1 is 1.23 bits per heavy atom. The van der Waals surface area contributed by atoms with Gasteiger partial charge in [-0.05, 0) is 56.7 Å². The van der Waals surface area contributed by atoms with E-state index in [-0.39, 0.29) is 11.5 Å². The molecular formula is C30H42N4O6. The molecule has 1 fully saturated rings. The Hall–Kier alpha value is -3.21. The Kier molecular flexibility index (Phi) is 9.99. The van der Waals surface area contributed by atoms with Crippen LogP contribution in [-0.4, -0.2) is 70.3 Å². The van der Waals surface area contributed by atoms with Crippen molar-refractivity contribution in [1.29, 1.82) is 0 Å². The average Bonchev–Trinajstić information content (AvgIpc) is 3.27. The minimum atomic E-state index is -0.893. The van der Waals surface area contributed by atoms with E-state index in [9.17, 15) is 14.7 Å². The fourth-order valence-corrected chi connectivity index (χ4v) is 4.96. The number of aliphatic hydroxyl groups is 1. The minimum absolute atomic E-state index is 0.0221. The quantitative estimate of drug-likeness (QED) is 0.259. The third-order valence-corrected chi connectivity index (χ3v) is 7.15. The average molecular weight is 555 g/mol. The van der Waals surface area contributed by atoms with Crippen molar-refractivity contribution in [2.75, 3.05) is 33.0 Å². The molecule has 2 aromatic heterocycles. The summed E-state index contributed by atoms with van der Waals surface area (Å²) in [4.78, 5) is 29.7. The van der Waals surface area contributed by atoms with Crippen LogP contribution in [0.15, 0.2) is 35.3 Å². The predicted octanol–water partition coefficient (Wildman–Crippen LogP) is 3.05. The number of imidazole rings is 1. The number of nitrogens with one attached hydrogen (secondary N) is 1. The summed E-state index contributed by atoms with van der Waals surface area (Å²) in [6.45, 7) is 10.6. The molecule has 0 bridgehead atoms. The second-order valence-electron chi connectivity index (χ2n) is 11.1. The molecule has 0 amide bonds. The summed E-state index contributed by atoms with van der Waals surface area (Å²) in [6.07, 6.45) is 2.91. The molecule has 1 aromatic carbocycles. The zero-order valence-electron chi connectivity index (χ0n) is 24.2. The molecule has 1 aliphatic rings. The first-order valence-corrected chi connectivity index (χ1v) is 14.1. The lowest BCUT2D eigenvalue weighted by atomic mass is 10.00. The highest BCUT2D eigenvalue weighted by molar-refractivity contribution is 5.82. The highest BCUT2D eigenvalue weighted by atomic mass is 16.5. The molecule has 2 atom stereocenters. The van der Waals surface area contributed by atoms with Crippen LogP contribution in [0.25, 0.3) is 22.4 Å². The van der Waals surface area contributed by atoms with Gasteiger partial charge in [-0.2, -0.15) is 0 Å². The SMILES string of the molecule is Cc1cc(-c2nc3ccc(OCCNC(C(=O)OCC(C)C)C(C)O)cc3n2CC2CCOCC2)cn(C)c1=O. The van der Waals surface area contributed by atoms with Crippen molar-refractivity contribution in [2.45, 2.75) is 59.2 Å². The van der Waals surface area contributed by atoms with Gasteiger partial charge in [0.15, 0.2) is 0 Å². The van der Waals surface area contributed by atoms with Crippen LogP contribution >= 0.6 is 0 Å². The van der Waals surface area contributed by atoms with Crippen LogP contribution in [0.3, 0.4) is 0 Å². The van der Waals surface area contributed by atoms with Crippen molar-refractivity contribution < 1.29 is 24.1 Å². The largest absolute Gasteiger partial charge is 0.492 e. The van der Waals surface area contributed by atoms with E-state index in [2.05, 4.69) is 9.88 Å². The molecule has 1 saturated heterocycles. The van der Waals surface area contributed by atoms with E-state index in [1.165, 1.54) is 0 Å². The Morgan fingerprint density at radius 2 is 1.98 bits per heavy atom. The third kappa shape index (κ3) is 7.30. The number of benzene rings is 1. The Balaban J connectivity index is 1.53. The molecule has 0 saturated carbocycles. The summed E-state index contributed by atoms with van der Waals surface area (Å²) in [5, 5.41) is 13.1. The Labute approximate surface area is 235 Å². The lowest BCUT2D eigenvalue weighted by Crippen LogP contribution is -2.47. The fraction of sp³-hybridized carbons (Fsp3) is 0.567. The summed E-state index contributed by atoms with van der Waals surface area (Å²) in [7, 11) is 1.76. The van der Waals surface area contributed by atoms with Crippen LogP contribution in [0.1, 0.15) is 39.2 Å². The fourth-order valence-electron chi connectivity index (χ4n) is 4.96. The molecule has 0 spiro atoms. The molecule has 3 heterocycles. The zero-order valence-corrected chi connectivity index (χ0v) is 24.2. The zero-order chi connectivity index (χ0) is 28.8. The third-order valence-electron chi connectivity index (χ3n) is 7.15. The summed E-state index contributed by atoms with van der Waals surface area (Å²) in [5.41, 5.74) is 3.35. The van der Waals surface area contributed by atoms with Gasteiger partial charge in [-0.3, -0.25) is 14.9 Å². The maximum Gasteiger partial charge on any atom is 0.325 e. The second-order valence-corrected chi connectivity index (χ2v) is 11.1. The lowest BCUT2D eigenvalue weighted by Gasteiger charge is -2.23. The van der Waals surface area contributed by atoms with Gasteiger partial charge in [-0.1, -0.05) is 13.8 Å². The number of pyridine rings is 1. The van der Waals surface area contributed by atoms with Crippen LogP contribution in [-0.2, 0) is 27.9 Å². The smallest absolute Gasteiger partial charge is 0.325 e. The number of carbonyl (C=O) groups excluding carboxylic acids is 1. The lowest BCUT2D eigenvalue weighted by molar-refractivity contribution is -0.150. The monoisotopic (exact) mass is 554 g/mol. The van der Waals surface area contributed by atoms with Crippen LogP contribution in [0.5, 0.6) is 5.75 Å². The Morgan fingerprint density at radius 3 is 2.65 bits per heavy atom. The molecule has 10 heteroatoms. The number of carbonyl (C=O) groups is 1. The first kappa shape index (κ1) is 29.8. The normalized spacial score (nSPS) is 15.9. The van der Waals surface area contributed by atoms with Gasteiger partial charge in [0.2, 0.25) is 0 Å². The van der Waals surface area contributed by atoms with E-state index in [1.54, 1.807) is 18.5 Å². The maximum absolute atomic E-state index is 12.4. The van der Waals surface area contributed by atoms with Crippen LogP contribution in [0, 0.1) is 18.8 Å². The van der Waals surface area contributed by atoms with Gasteiger partial charge < -0.3 is 28.5 Å². The van der Waals surface area contributed by atoms with Crippen molar-refractivity contribution in [2.24, 2.45) is 18.9 Å². The van der Waals surface area contributed by atoms with Gasteiger partial charge in [-0.25, -0.2) is 4.98 Å². The summed E-state index contributed by atoms with van der Waals surface area (Å²) in [6, 6.07) is 6.89. The van der Waals surface area contributed by atoms with E-state index in [0.29, 0.717) is 37.0 Å². The second kappa shape index (κ2) is 13.4. The topological polar surface area (TPSA) is 117 Å². The highest BCUT2D eigenvalue weighted by Gasteiger charge is 2.25. The molecule has 0 aliphatic carbocycles. The van der Waals surface area contributed by atoms with Crippen molar-refractivity contribution >= 4 is 17.0 Å². The van der Waals surface area contributed by atoms with Gasteiger partial charge in [-0.15, -0.1) is 0 Å². The molecule has 40 heavy (non-hydrogen) atoms. The van der Waals surface area contributed by atoms with Crippen LogP contribution < -0.4 is 15.6 Å². The number of aromatic nitrogens is 3. The molecular weight excluding hydrogens is 512 g/mol. The molecule has 10 nitrogen and oxygen atoms in total. The standard InChI is InChI=1S/C30H42N4O6/c1-19(2)18-40-30(37)27(21(4)35)31-10-13-39-24-6-7-25-26(15-24)34(16-22-8-11-38-12-9-22)28(32-25)23-14-20(3)29(36)33(5)17-23/h6-7,14-15,17,19,21-22,27,31,35H,8-13,16,18H2,1-5H3. The molecule has 3 aromatic rings. The van der Waals surface area contributed by atoms with Gasteiger partial charge in [0.1, 0.15) is 24.2 Å². The predicted molar refractivity (Wildman–Crippen MR) is 153 cm³/mol. The Bertz CT molecular complexity index is 1330. The van der Waals surface area contributed by atoms with E-state index >= 15 is 0 Å². The molecule has 2 N–H and O–H groups in total. The number of hydrogen-bond donors (Lipinski definition) is 2. The number of aryl methyl sites for hydroxylation is 2. The van der Waals surface area contributed by atoms with E-state index in [4.69, 9.17) is 19.2 Å². The number of fused-ring (bicyclic) bond motifs is 1.